The third kappa shape index (κ3) is 8.62. The van der Waals surface area contributed by atoms with Crippen LogP contribution < -0.4 is 32.0 Å². The minimum atomic E-state index is -4.51. The number of H-pyrrole nitrogens is 2. The van der Waals surface area contributed by atoms with Gasteiger partial charge < -0.3 is 28.1 Å². The molecule has 3 aromatic carbocycles. The Hall–Kier alpha value is -5.21. The predicted octanol–water partition coefficient (Wildman–Crippen LogP) is 6.85. The van der Waals surface area contributed by atoms with Crippen molar-refractivity contribution in [2.24, 2.45) is 11.8 Å². The molecule has 70 heavy (non-hydrogen) atoms. The van der Waals surface area contributed by atoms with Gasteiger partial charge in [0.25, 0.3) is 11.1 Å². The van der Waals surface area contributed by atoms with Gasteiger partial charge in [0.05, 0.1) is 33.5 Å². The number of benzene rings is 3. The number of nitrogens with one attached hydrogen (secondary N) is 2. The molecule has 20 heteroatoms. The fourth-order valence-corrected chi connectivity index (χ4v) is 13.2. The number of hydrogen-bond donors (Lipinski definition) is 2. The van der Waals surface area contributed by atoms with Crippen LogP contribution in [0.3, 0.4) is 0 Å². The summed E-state index contributed by atoms with van der Waals surface area (Å²) >= 11 is 0. The molecule has 9 rings (SSSR count). The maximum absolute atomic E-state index is 15.2. The number of methoxy groups -OCH3 is 2. The van der Waals surface area contributed by atoms with Gasteiger partial charge in [0.1, 0.15) is 53.5 Å². The number of phosphoric ester groups is 1. The summed E-state index contributed by atoms with van der Waals surface area (Å²) in [6, 6.07) is 24.8. The van der Waals surface area contributed by atoms with E-state index in [4.69, 9.17) is 41.7 Å². The van der Waals surface area contributed by atoms with Crippen molar-refractivity contribution in [2.75, 3.05) is 27.4 Å². The third-order valence-corrected chi connectivity index (χ3v) is 20.9. The molecule has 2 aromatic heterocycles. The maximum atomic E-state index is 15.2. The highest BCUT2D eigenvalue weighted by Crippen LogP contribution is 2.70. The lowest BCUT2D eigenvalue weighted by molar-refractivity contribution is -0.231. The Balaban J connectivity index is 1.09. The van der Waals surface area contributed by atoms with E-state index in [0.29, 0.717) is 17.1 Å². The zero-order valence-corrected chi connectivity index (χ0v) is 42.9. The highest BCUT2D eigenvalue weighted by atomic mass is 31.2. The molecule has 2 N–H and O–H groups in total. The van der Waals surface area contributed by atoms with Crippen molar-refractivity contribution in [1.29, 1.82) is 0 Å². The fraction of sp³-hybridized carbons (Fsp3) is 0.480. The van der Waals surface area contributed by atoms with Gasteiger partial charge in [0, 0.05) is 35.9 Å². The second-order valence-corrected chi connectivity index (χ2v) is 26.6. The van der Waals surface area contributed by atoms with E-state index in [1.807, 2.05) is 85.8 Å². The van der Waals surface area contributed by atoms with E-state index in [1.165, 1.54) is 21.5 Å². The average molecular weight is 1000 g/mol. The summed E-state index contributed by atoms with van der Waals surface area (Å²) in [4.78, 5) is 56.5. The largest absolute Gasteiger partial charge is 0.497 e. The first-order valence-corrected chi connectivity index (χ1v) is 27.8. The molecule has 3 saturated heterocycles. The molecule has 1 aliphatic carbocycles. The lowest BCUT2D eigenvalue weighted by atomic mass is 9.79. The molecular weight excluding hydrogens is 940 g/mol. The number of ether oxygens (including phenoxy) is 5. The Morgan fingerprint density at radius 1 is 0.771 bits per heavy atom. The van der Waals surface area contributed by atoms with Gasteiger partial charge in [-0.1, -0.05) is 82.3 Å². The summed E-state index contributed by atoms with van der Waals surface area (Å²) in [6.07, 6.45) is -2.22. The molecule has 0 amide bonds. The summed E-state index contributed by atoms with van der Waals surface area (Å²) < 4.78 is 76.3. The van der Waals surface area contributed by atoms with Gasteiger partial charge in [-0.3, -0.25) is 42.3 Å². The Morgan fingerprint density at radius 3 is 1.86 bits per heavy atom. The number of aromatic amines is 2. The van der Waals surface area contributed by atoms with Gasteiger partial charge in [-0.2, -0.15) is 0 Å². The van der Waals surface area contributed by atoms with Crippen molar-refractivity contribution in [3.8, 4) is 11.5 Å². The third-order valence-electron chi connectivity index (χ3n) is 14.9. The number of hydrogen-bond acceptors (Lipinski definition) is 14. The molecule has 5 aromatic rings. The first-order valence-electron chi connectivity index (χ1n) is 23.4. The van der Waals surface area contributed by atoms with E-state index in [1.54, 1.807) is 28.1 Å². The number of aryl methyl sites for hydroxylation is 2. The van der Waals surface area contributed by atoms with E-state index >= 15 is 4.57 Å². The Kier molecular flexibility index (Phi) is 13.1. The molecule has 4 aliphatic rings. The van der Waals surface area contributed by atoms with Crippen molar-refractivity contribution >= 4 is 16.1 Å². The SMILES string of the molecule is COc1ccc(C(OC[C@]23O[C@@H](n4cc(C)c(=O)[nH]c4=O)[C@H]4[C@H](C)[C@H]2O[P@@](=O)(OC[C@H]2O[C@@H](n5cc(C)c(=O)[nH]c5=O)C[C@@H]2O[Si](C)(C)C(C)(C)C)O[C@@H]43)(c2ccccc2)c2ccc(OC)cc2)cc1. The lowest BCUT2D eigenvalue weighted by Gasteiger charge is -2.46. The zero-order chi connectivity index (χ0) is 50.1. The van der Waals surface area contributed by atoms with Crippen molar-refractivity contribution < 1.29 is 46.2 Å². The number of aromatic nitrogens is 4. The quantitative estimate of drug-likeness (QED) is 0.0625. The van der Waals surface area contributed by atoms with Crippen LogP contribution >= 0.6 is 7.82 Å². The van der Waals surface area contributed by atoms with E-state index in [2.05, 4.69) is 43.8 Å². The predicted molar refractivity (Wildman–Crippen MR) is 260 cm³/mol. The van der Waals surface area contributed by atoms with E-state index < -0.39 is 98.5 Å². The lowest BCUT2D eigenvalue weighted by Crippen LogP contribution is -2.57. The Bertz CT molecular complexity index is 2980. The molecule has 5 heterocycles. The van der Waals surface area contributed by atoms with Crippen LogP contribution in [-0.4, -0.2) is 84.9 Å². The van der Waals surface area contributed by atoms with Crippen molar-refractivity contribution in [3.05, 3.63) is 161 Å². The molecule has 4 fully saturated rings. The van der Waals surface area contributed by atoms with E-state index in [-0.39, 0.29) is 30.2 Å². The van der Waals surface area contributed by atoms with E-state index in [9.17, 15) is 19.2 Å². The number of phosphoric acid groups is 1. The van der Waals surface area contributed by atoms with Gasteiger partial charge in [0.15, 0.2) is 8.32 Å². The Morgan fingerprint density at radius 2 is 1.30 bits per heavy atom. The van der Waals surface area contributed by atoms with Crippen LogP contribution in [0.15, 0.2) is 110 Å². The van der Waals surface area contributed by atoms with Crippen LogP contribution in [0.4, 0.5) is 0 Å². The standard InChI is InChI=1S/C50H61N4O14PSi/c1-29-25-53(46(57)51-43(29)55)39-24-37(68-70(9,10)48(4,5)6)38(64-39)27-63-69(59)66-41-31(3)40-42(67-69)49(41,65-45(40)54-26-30(2)44(56)52-47(54)58)28-62-50(32-14-12-11-13-15-32,33-16-20-35(60-7)21-17-33)34-18-22-36(61-8)23-19-34/h11-23,25-26,31,37-42,45H,24,27-28H2,1-10H3,(H,51,55,57)(H,52,56,58)/t31-,37-,38+,39+,40-,41+,42-,45+,49-,69+/m0/s1. The fourth-order valence-electron chi connectivity index (χ4n) is 10.1. The highest BCUT2D eigenvalue weighted by molar-refractivity contribution is 7.48. The smallest absolute Gasteiger partial charge is 0.475 e. The van der Waals surface area contributed by atoms with Gasteiger partial charge in [-0.15, -0.1) is 0 Å². The van der Waals surface area contributed by atoms with Crippen LogP contribution in [0, 0.1) is 25.7 Å². The van der Waals surface area contributed by atoms with Gasteiger partial charge in [-0.05, 0) is 78.9 Å². The van der Waals surface area contributed by atoms with Gasteiger partial charge >= 0.3 is 19.2 Å². The van der Waals surface area contributed by atoms with Gasteiger partial charge in [0.2, 0.25) is 0 Å². The average Bonchev–Trinajstić information content (AvgIpc) is 3.91. The molecule has 0 spiro atoms. The number of rotatable bonds is 15. The number of nitrogens with zero attached hydrogens (tertiary/aromatic N) is 2. The minimum Gasteiger partial charge on any atom is -0.497 e. The molecule has 1 saturated carbocycles. The first-order chi connectivity index (χ1) is 33.1. The normalized spacial score (nSPS) is 28.5. The molecule has 10 atom stereocenters. The van der Waals surface area contributed by atoms with Crippen molar-refractivity contribution in [3.63, 3.8) is 0 Å². The van der Waals surface area contributed by atoms with Crippen LogP contribution in [0.25, 0.3) is 0 Å². The molecule has 374 valence electrons. The maximum Gasteiger partial charge on any atom is 0.475 e. The molecule has 0 unspecified atom stereocenters. The van der Waals surface area contributed by atoms with Crippen LogP contribution in [0.1, 0.15) is 74.4 Å². The molecule has 3 aliphatic heterocycles. The zero-order valence-electron chi connectivity index (χ0n) is 41.0. The van der Waals surface area contributed by atoms with Crippen LogP contribution in [0.5, 0.6) is 11.5 Å². The summed E-state index contributed by atoms with van der Waals surface area (Å²) in [5.41, 5.74) is -2.34. The molecule has 0 radical (unpaired) electrons. The van der Waals surface area contributed by atoms with Gasteiger partial charge in [-0.25, -0.2) is 14.2 Å². The highest BCUT2D eigenvalue weighted by Gasteiger charge is 2.76. The molecule has 4 bridgehead atoms. The molecular formula is C50H61N4O14PSi. The van der Waals surface area contributed by atoms with Crippen molar-refractivity contribution in [1.82, 2.24) is 19.1 Å². The summed E-state index contributed by atoms with van der Waals surface area (Å²) in [5.74, 6) is 0.135. The first kappa shape index (κ1) is 49.8. The summed E-state index contributed by atoms with van der Waals surface area (Å²) in [5, 5.41) is -0.198. The topological polar surface area (TPSA) is 210 Å². The Labute approximate surface area is 405 Å². The monoisotopic (exact) mass is 1000 g/mol. The summed E-state index contributed by atoms with van der Waals surface area (Å²) in [7, 11) is -3.79. The molecule has 18 nitrogen and oxygen atoms in total. The summed E-state index contributed by atoms with van der Waals surface area (Å²) in [6.45, 7) is 15.1. The minimum absolute atomic E-state index is 0.198. The van der Waals surface area contributed by atoms with Crippen molar-refractivity contribution in [2.45, 2.75) is 114 Å². The second kappa shape index (κ2) is 18.4. The van der Waals surface area contributed by atoms with E-state index in [0.717, 1.165) is 16.7 Å². The second-order valence-electron chi connectivity index (χ2n) is 20.2. The van der Waals surface area contributed by atoms with Crippen LogP contribution in [0.2, 0.25) is 18.1 Å². The van der Waals surface area contributed by atoms with Crippen LogP contribution in [-0.2, 0) is 42.4 Å².